The number of phenolic OH excluding ortho intramolecular Hbond substituents is 2. The number of ether oxygens (including phenoxy) is 1. The lowest BCUT2D eigenvalue weighted by Crippen LogP contribution is -2.30. The molecule has 1 amide bonds. The predicted molar refractivity (Wildman–Crippen MR) is 97.2 cm³/mol. The second-order valence-corrected chi connectivity index (χ2v) is 5.88. The van der Waals surface area contributed by atoms with E-state index < -0.39 is 23.8 Å². The Hall–Kier alpha value is -3.61. The van der Waals surface area contributed by atoms with Gasteiger partial charge in [-0.2, -0.15) is 0 Å². The molecule has 0 fully saturated rings. The van der Waals surface area contributed by atoms with Crippen molar-refractivity contribution in [2.45, 2.75) is 13.0 Å². The van der Waals surface area contributed by atoms with Gasteiger partial charge >= 0.3 is 5.97 Å². The number of hydrogen-bond donors (Lipinski definition) is 3. The molecule has 1 atom stereocenters. The molecule has 0 aromatic heterocycles. The minimum absolute atomic E-state index is 0.196. The smallest absolute Gasteiger partial charge is 0.342 e. The van der Waals surface area contributed by atoms with Crippen LogP contribution in [0.15, 0.2) is 54.6 Å². The minimum atomic E-state index is -1.18. The van der Waals surface area contributed by atoms with Crippen molar-refractivity contribution in [1.29, 1.82) is 0 Å². The molecule has 138 valence electrons. The number of phenols is 2. The lowest BCUT2D eigenvalue weighted by molar-refractivity contribution is -0.123. The lowest BCUT2D eigenvalue weighted by atomic mass is 10.0. The Morgan fingerprint density at radius 1 is 1.04 bits per heavy atom. The van der Waals surface area contributed by atoms with Gasteiger partial charge in [-0.3, -0.25) is 4.79 Å². The Kier molecular flexibility index (Phi) is 4.94. The van der Waals surface area contributed by atoms with Crippen LogP contribution in [0, 0.1) is 5.82 Å². The van der Waals surface area contributed by atoms with E-state index in [4.69, 9.17) is 4.74 Å². The molecular weight excluding hydrogens is 353 g/mol. The van der Waals surface area contributed by atoms with E-state index in [0.29, 0.717) is 11.1 Å². The fourth-order valence-electron chi connectivity index (χ4n) is 2.55. The summed E-state index contributed by atoms with van der Waals surface area (Å²) in [4.78, 5) is 24.5. The van der Waals surface area contributed by atoms with Gasteiger partial charge in [0.05, 0.1) is 0 Å². The van der Waals surface area contributed by atoms with Crippen molar-refractivity contribution >= 4 is 28.3 Å². The van der Waals surface area contributed by atoms with Crippen molar-refractivity contribution in [2.75, 3.05) is 5.32 Å². The predicted octanol–water partition coefficient (Wildman–Crippen LogP) is 3.57. The zero-order valence-corrected chi connectivity index (χ0v) is 14.3. The van der Waals surface area contributed by atoms with Crippen molar-refractivity contribution in [2.24, 2.45) is 0 Å². The summed E-state index contributed by atoms with van der Waals surface area (Å²) in [5, 5.41) is 23.5. The molecule has 0 bridgehead atoms. The highest BCUT2D eigenvalue weighted by Gasteiger charge is 2.23. The topological polar surface area (TPSA) is 95.9 Å². The van der Waals surface area contributed by atoms with Crippen LogP contribution in [0.25, 0.3) is 10.8 Å². The number of amides is 1. The molecule has 3 N–H and O–H groups in total. The van der Waals surface area contributed by atoms with Crippen LogP contribution in [0.5, 0.6) is 11.5 Å². The third-order valence-corrected chi connectivity index (χ3v) is 3.98. The second kappa shape index (κ2) is 7.33. The van der Waals surface area contributed by atoms with Crippen LogP contribution < -0.4 is 5.32 Å². The quantitative estimate of drug-likeness (QED) is 0.483. The molecule has 3 rings (SSSR count). The highest BCUT2D eigenvalue weighted by molar-refractivity contribution is 6.04. The first kappa shape index (κ1) is 18.2. The molecule has 3 aromatic carbocycles. The molecule has 0 saturated carbocycles. The van der Waals surface area contributed by atoms with Crippen LogP contribution >= 0.6 is 0 Å². The van der Waals surface area contributed by atoms with E-state index in [1.165, 1.54) is 31.2 Å². The van der Waals surface area contributed by atoms with Gasteiger partial charge in [-0.05, 0) is 37.3 Å². The number of carbonyl (C=O) groups excluding carboxylic acids is 2. The number of halogens is 1. The number of rotatable bonds is 4. The average molecular weight is 369 g/mol. The standard InChI is InChI=1S/C20H16FNO5/c1-11(19(25)22-13-8-6-12(21)7-9-13)27-20(26)16-10-17(23)14-4-2-3-5-15(14)18(16)24/h2-11,23-24H,1H3,(H,22,25)/t11-/m1/s1. The normalized spacial score (nSPS) is 11.8. The highest BCUT2D eigenvalue weighted by atomic mass is 19.1. The summed E-state index contributed by atoms with van der Waals surface area (Å²) in [6, 6.07) is 12.7. The zero-order valence-electron chi connectivity index (χ0n) is 14.3. The molecule has 3 aromatic rings. The number of anilines is 1. The van der Waals surface area contributed by atoms with Gasteiger partial charge in [0.2, 0.25) is 0 Å². The maximum absolute atomic E-state index is 12.9. The Balaban J connectivity index is 1.76. The van der Waals surface area contributed by atoms with Crippen molar-refractivity contribution in [1.82, 2.24) is 0 Å². The van der Waals surface area contributed by atoms with Gasteiger partial charge in [-0.25, -0.2) is 9.18 Å². The molecule has 0 heterocycles. The first-order valence-electron chi connectivity index (χ1n) is 8.08. The molecule has 0 aliphatic rings. The first-order valence-corrected chi connectivity index (χ1v) is 8.08. The van der Waals surface area contributed by atoms with Gasteiger partial charge in [0.15, 0.2) is 6.10 Å². The summed E-state index contributed by atoms with van der Waals surface area (Å²) < 4.78 is 18.0. The molecular formula is C20H16FNO5. The second-order valence-electron chi connectivity index (χ2n) is 5.88. The van der Waals surface area contributed by atoms with Crippen LogP contribution in [0.4, 0.5) is 10.1 Å². The molecule has 6 nitrogen and oxygen atoms in total. The van der Waals surface area contributed by atoms with E-state index in [-0.39, 0.29) is 22.4 Å². The Morgan fingerprint density at radius 3 is 2.33 bits per heavy atom. The van der Waals surface area contributed by atoms with Crippen LogP contribution in [0.1, 0.15) is 17.3 Å². The highest BCUT2D eigenvalue weighted by Crippen LogP contribution is 2.35. The molecule has 0 aliphatic carbocycles. The van der Waals surface area contributed by atoms with Gasteiger partial charge in [-0.15, -0.1) is 0 Å². The van der Waals surface area contributed by atoms with Crippen LogP contribution in [-0.4, -0.2) is 28.2 Å². The molecule has 0 aliphatic heterocycles. The fraction of sp³-hybridized carbons (Fsp3) is 0.100. The van der Waals surface area contributed by atoms with Crippen molar-refractivity contribution in [3.05, 3.63) is 66.0 Å². The summed E-state index contributed by atoms with van der Waals surface area (Å²) in [6.45, 7) is 1.36. The lowest BCUT2D eigenvalue weighted by Gasteiger charge is -2.15. The Labute approximate surface area is 153 Å². The summed E-state index contributed by atoms with van der Waals surface area (Å²) >= 11 is 0. The monoisotopic (exact) mass is 369 g/mol. The maximum atomic E-state index is 12.9. The third-order valence-electron chi connectivity index (χ3n) is 3.98. The third kappa shape index (κ3) is 3.82. The molecule has 0 unspecified atom stereocenters. The number of benzene rings is 3. The molecule has 27 heavy (non-hydrogen) atoms. The largest absolute Gasteiger partial charge is 0.507 e. The van der Waals surface area contributed by atoms with Crippen LogP contribution in [0.3, 0.4) is 0 Å². The van der Waals surface area contributed by atoms with Crippen LogP contribution in [0.2, 0.25) is 0 Å². The molecule has 0 radical (unpaired) electrons. The van der Waals surface area contributed by atoms with Crippen LogP contribution in [-0.2, 0) is 9.53 Å². The number of esters is 1. The van der Waals surface area contributed by atoms with Gasteiger partial charge in [0, 0.05) is 16.5 Å². The molecule has 7 heteroatoms. The SMILES string of the molecule is C[C@@H](OC(=O)c1cc(O)c2ccccc2c1O)C(=O)Nc1ccc(F)cc1. The number of fused-ring (bicyclic) bond motifs is 1. The van der Waals surface area contributed by atoms with E-state index in [9.17, 15) is 24.2 Å². The van der Waals surface area contributed by atoms with E-state index in [1.807, 2.05) is 0 Å². The Morgan fingerprint density at radius 2 is 1.67 bits per heavy atom. The van der Waals surface area contributed by atoms with E-state index in [1.54, 1.807) is 24.3 Å². The van der Waals surface area contributed by atoms with Gasteiger partial charge < -0.3 is 20.3 Å². The van der Waals surface area contributed by atoms with E-state index in [2.05, 4.69) is 5.32 Å². The van der Waals surface area contributed by atoms with Gasteiger partial charge in [0.1, 0.15) is 22.9 Å². The van der Waals surface area contributed by atoms with E-state index in [0.717, 1.165) is 6.07 Å². The van der Waals surface area contributed by atoms with Crippen molar-refractivity contribution < 1.29 is 28.9 Å². The molecule has 0 saturated heterocycles. The average Bonchev–Trinajstić information content (AvgIpc) is 2.66. The fourth-order valence-corrected chi connectivity index (χ4v) is 2.55. The number of nitrogens with one attached hydrogen (secondary N) is 1. The molecule has 0 spiro atoms. The van der Waals surface area contributed by atoms with E-state index >= 15 is 0 Å². The zero-order chi connectivity index (χ0) is 19.6. The summed E-state index contributed by atoms with van der Waals surface area (Å²) in [6.07, 6.45) is -1.18. The number of aromatic hydroxyl groups is 2. The van der Waals surface area contributed by atoms with Gasteiger partial charge in [-0.1, -0.05) is 24.3 Å². The minimum Gasteiger partial charge on any atom is -0.507 e. The number of hydrogen-bond acceptors (Lipinski definition) is 5. The van der Waals surface area contributed by atoms with Crippen molar-refractivity contribution in [3.63, 3.8) is 0 Å². The first-order chi connectivity index (χ1) is 12.9. The Bertz CT molecular complexity index is 1020. The van der Waals surface area contributed by atoms with Gasteiger partial charge in [0.25, 0.3) is 5.91 Å². The summed E-state index contributed by atoms with van der Waals surface area (Å²) in [5.41, 5.74) is 0.0862. The summed E-state index contributed by atoms with van der Waals surface area (Å²) in [5.74, 6) is -2.58. The van der Waals surface area contributed by atoms with Crippen molar-refractivity contribution in [3.8, 4) is 11.5 Å². The number of carbonyl (C=O) groups is 2. The maximum Gasteiger partial charge on any atom is 0.342 e. The summed E-state index contributed by atoms with van der Waals surface area (Å²) in [7, 11) is 0.